The van der Waals surface area contributed by atoms with Crippen LogP contribution in [-0.2, 0) is 0 Å². The molecule has 1 aliphatic heterocycles. The Hall–Kier alpha value is -0.0800. The van der Waals surface area contributed by atoms with Gasteiger partial charge in [0.15, 0.2) is 0 Å². The summed E-state index contributed by atoms with van der Waals surface area (Å²) in [4.78, 5) is 2.48. The van der Waals surface area contributed by atoms with Crippen LogP contribution in [-0.4, -0.2) is 37.6 Å². The summed E-state index contributed by atoms with van der Waals surface area (Å²) < 4.78 is 0. The molecule has 1 atom stereocenters. The third-order valence-electron chi connectivity index (χ3n) is 5.07. The first-order valence-electron chi connectivity index (χ1n) is 8.16. The van der Waals surface area contributed by atoms with Crippen LogP contribution in [0.2, 0.25) is 0 Å². The molecule has 18 heavy (non-hydrogen) atoms. The topological polar surface area (TPSA) is 15.3 Å². The van der Waals surface area contributed by atoms with E-state index in [1.165, 1.54) is 71.0 Å². The van der Waals surface area contributed by atoms with Gasteiger partial charge in [-0.2, -0.15) is 0 Å². The lowest BCUT2D eigenvalue weighted by Gasteiger charge is -2.27. The zero-order valence-corrected chi connectivity index (χ0v) is 12.5. The van der Waals surface area contributed by atoms with E-state index in [0.717, 1.165) is 17.9 Å². The summed E-state index contributed by atoms with van der Waals surface area (Å²) in [6.07, 6.45) is 11.4. The van der Waals surface area contributed by atoms with Crippen molar-refractivity contribution in [1.29, 1.82) is 0 Å². The van der Waals surface area contributed by atoms with Gasteiger partial charge in [-0.05, 0) is 64.2 Å². The molecule has 1 N–H and O–H groups in total. The Morgan fingerprint density at radius 1 is 1.00 bits per heavy atom. The molecule has 0 radical (unpaired) electrons. The predicted molar refractivity (Wildman–Crippen MR) is 78.9 cm³/mol. The Morgan fingerprint density at radius 3 is 2.56 bits per heavy atom. The highest BCUT2D eigenvalue weighted by atomic mass is 15.1. The molecule has 2 fully saturated rings. The van der Waals surface area contributed by atoms with Crippen molar-refractivity contribution in [1.82, 2.24) is 10.2 Å². The van der Waals surface area contributed by atoms with E-state index in [-0.39, 0.29) is 0 Å². The minimum atomic E-state index is 0.789. The minimum absolute atomic E-state index is 0.789. The SMILES string of the molecule is CC1CCC(CCNC2CCCN(C)CC2)CC1. The van der Waals surface area contributed by atoms with Gasteiger partial charge in [-0.3, -0.25) is 0 Å². The Morgan fingerprint density at radius 2 is 1.78 bits per heavy atom. The van der Waals surface area contributed by atoms with Crippen molar-refractivity contribution < 1.29 is 0 Å². The van der Waals surface area contributed by atoms with Crippen molar-refractivity contribution >= 4 is 0 Å². The molecule has 0 aromatic rings. The smallest absolute Gasteiger partial charge is 0.00797 e. The second-order valence-electron chi connectivity index (χ2n) is 6.80. The molecule has 1 aliphatic carbocycles. The predicted octanol–water partition coefficient (Wildman–Crippen LogP) is 3.28. The van der Waals surface area contributed by atoms with Crippen LogP contribution in [0.4, 0.5) is 0 Å². The molecule has 1 unspecified atom stereocenters. The lowest BCUT2D eigenvalue weighted by atomic mass is 9.81. The van der Waals surface area contributed by atoms with E-state index in [9.17, 15) is 0 Å². The Kier molecular flexibility index (Phi) is 5.97. The molecular weight excluding hydrogens is 220 g/mol. The van der Waals surface area contributed by atoms with E-state index in [1.54, 1.807) is 0 Å². The maximum absolute atomic E-state index is 3.81. The van der Waals surface area contributed by atoms with Crippen LogP contribution in [0.5, 0.6) is 0 Å². The summed E-state index contributed by atoms with van der Waals surface area (Å²) in [7, 11) is 2.26. The highest BCUT2D eigenvalue weighted by Gasteiger charge is 2.19. The van der Waals surface area contributed by atoms with Crippen LogP contribution in [0, 0.1) is 11.8 Å². The highest BCUT2D eigenvalue weighted by molar-refractivity contribution is 4.75. The summed E-state index contributed by atoms with van der Waals surface area (Å²) in [5, 5.41) is 3.81. The van der Waals surface area contributed by atoms with Crippen molar-refractivity contribution in [2.45, 2.75) is 64.3 Å². The summed E-state index contributed by atoms with van der Waals surface area (Å²) in [6.45, 7) is 6.24. The zero-order chi connectivity index (χ0) is 12.8. The molecule has 106 valence electrons. The van der Waals surface area contributed by atoms with E-state index >= 15 is 0 Å². The first kappa shape index (κ1) is 14.3. The van der Waals surface area contributed by atoms with Crippen LogP contribution in [0.1, 0.15) is 58.3 Å². The second-order valence-corrected chi connectivity index (χ2v) is 6.80. The summed E-state index contributed by atoms with van der Waals surface area (Å²) in [6, 6.07) is 0.789. The van der Waals surface area contributed by atoms with Crippen molar-refractivity contribution in [3.05, 3.63) is 0 Å². The molecule has 2 rings (SSSR count). The standard InChI is InChI=1S/C16H32N2/c1-14-5-7-15(8-6-14)9-11-17-16-4-3-12-18(2)13-10-16/h14-17H,3-13H2,1-2H3. The molecule has 0 amide bonds. The molecule has 2 heteroatoms. The van der Waals surface area contributed by atoms with Crippen LogP contribution in [0.3, 0.4) is 0 Å². The van der Waals surface area contributed by atoms with E-state index in [2.05, 4.69) is 24.2 Å². The lowest BCUT2D eigenvalue weighted by Crippen LogP contribution is -2.32. The average molecular weight is 252 g/mol. The highest BCUT2D eigenvalue weighted by Crippen LogP contribution is 2.30. The molecule has 1 saturated carbocycles. The summed E-state index contributed by atoms with van der Waals surface area (Å²) >= 11 is 0. The molecular formula is C16H32N2. The van der Waals surface area contributed by atoms with Crippen molar-refractivity contribution in [2.24, 2.45) is 11.8 Å². The van der Waals surface area contributed by atoms with Gasteiger partial charge in [-0.1, -0.05) is 32.6 Å². The van der Waals surface area contributed by atoms with E-state index in [4.69, 9.17) is 0 Å². The minimum Gasteiger partial charge on any atom is -0.314 e. The Bertz CT molecular complexity index is 221. The first-order valence-corrected chi connectivity index (χ1v) is 8.16. The average Bonchev–Trinajstić information content (AvgIpc) is 2.57. The number of nitrogens with one attached hydrogen (secondary N) is 1. The van der Waals surface area contributed by atoms with Gasteiger partial charge in [0.2, 0.25) is 0 Å². The van der Waals surface area contributed by atoms with Gasteiger partial charge in [0.1, 0.15) is 0 Å². The van der Waals surface area contributed by atoms with Gasteiger partial charge in [0.25, 0.3) is 0 Å². The number of nitrogens with zero attached hydrogens (tertiary/aromatic N) is 1. The van der Waals surface area contributed by atoms with E-state index < -0.39 is 0 Å². The largest absolute Gasteiger partial charge is 0.314 e. The van der Waals surface area contributed by atoms with Gasteiger partial charge >= 0.3 is 0 Å². The number of hydrogen-bond donors (Lipinski definition) is 1. The monoisotopic (exact) mass is 252 g/mol. The maximum atomic E-state index is 3.81. The lowest BCUT2D eigenvalue weighted by molar-refractivity contribution is 0.270. The fraction of sp³-hybridized carbons (Fsp3) is 1.00. The fourth-order valence-electron chi connectivity index (χ4n) is 3.55. The molecule has 1 saturated heterocycles. The van der Waals surface area contributed by atoms with Gasteiger partial charge in [0.05, 0.1) is 0 Å². The molecule has 2 aliphatic rings. The van der Waals surface area contributed by atoms with Crippen LogP contribution in [0.25, 0.3) is 0 Å². The third-order valence-corrected chi connectivity index (χ3v) is 5.07. The summed E-state index contributed by atoms with van der Waals surface area (Å²) in [5.41, 5.74) is 0. The van der Waals surface area contributed by atoms with Crippen LogP contribution < -0.4 is 5.32 Å². The van der Waals surface area contributed by atoms with Gasteiger partial charge in [-0.15, -0.1) is 0 Å². The van der Waals surface area contributed by atoms with Crippen LogP contribution >= 0.6 is 0 Å². The molecule has 0 aromatic carbocycles. The van der Waals surface area contributed by atoms with E-state index in [1.807, 2.05) is 0 Å². The molecule has 0 bridgehead atoms. The summed E-state index contributed by atoms with van der Waals surface area (Å²) in [5.74, 6) is 2.01. The molecule has 1 heterocycles. The molecule has 0 aromatic heterocycles. The van der Waals surface area contributed by atoms with E-state index in [0.29, 0.717) is 0 Å². The Balaban J connectivity index is 1.57. The zero-order valence-electron chi connectivity index (χ0n) is 12.5. The Labute approximate surface area is 114 Å². The van der Waals surface area contributed by atoms with Crippen LogP contribution in [0.15, 0.2) is 0 Å². The first-order chi connectivity index (χ1) is 8.74. The fourth-order valence-corrected chi connectivity index (χ4v) is 3.55. The van der Waals surface area contributed by atoms with Gasteiger partial charge < -0.3 is 10.2 Å². The molecule has 2 nitrogen and oxygen atoms in total. The number of hydrogen-bond acceptors (Lipinski definition) is 2. The van der Waals surface area contributed by atoms with Gasteiger partial charge in [-0.25, -0.2) is 0 Å². The maximum Gasteiger partial charge on any atom is 0.00797 e. The second kappa shape index (κ2) is 7.49. The van der Waals surface area contributed by atoms with Crippen molar-refractivity contribution in [3.8, 4) is 0 Å². The third kappa shape index (κ3) is 4.89. The van der Waals surface area contributed by atoms with Gasteiger partial charge in [0, 0.05) is 6.04 Å². The quantitative estimate of drug-likeness (QED) is 0.826. The molecule has 0 spiro atoms. The van der Waals surface area contributed by atoms with Crippen molar-refractivity contribution in [3.63, 3.8) is 0 Å². The normalized spacial score (nSPS) is 35.3. The van der Waals surface area contributed by atoms with Crippen molar-refractivity contribution in [2.75, 3.05) is 26.7 Å². The number of likely N-dealkylation sites (tertiary alicyclic amines) is 1. The number of rotatable bonds is 4.